The van der Waals surface area contributed by atoms with E-state index in [-0.39, 0.29) is 16.8 Å². The number of anilines is 1. The van der Waals surface area contributed by atoms with E-state index in [9.17, 15) is 22.4 Å². The molecule has 0 fully saturated rings. The van der Waals surface area contributed by atoms with Gasteiger partial charge in [-0.2, -0.15) is 5.10 Å². The maximum atomic E-state index is 13.8. The Morgan fingerprint density at radius 1 is 1.21 bits per heavy atom. The Bertz CT molecular complexity index is 1020. The van der Waals surface area contributed by atoms with Crippen LogP contribution in [0.15, 0.2) is 42.6 Å². The summed E-state index contributed by atoms with van der Waals surface area (Å²) in [6, 6.07) is 8.13. The zero-order valence-electron chi connectivity index (χ0n) is 14.2. The van der Waals surface area contributed by atoms with Gasteiger partial charge in [0, 0.05) is 12.6 Å². The number of carbonyl (C=O) groups excluding carboxylic acids is 1. The van der Waals surface area contributed by atoms with Crippen molar-refractivity contribution in [1.82, 2.24) is 9.78 Å². The Morgan fingerprint density at radius 2 is 1.86 bits per heavy atom. The van der Waals surface area contributed by atoms with Crippen molar-refractivity contribution < 1.29 is 27.1 Å². The van der Waals surface area contributed by atoms with Crippen molar-refractivity contribution in [3.63, 3.8) is 0 Å². The quantitative estimate of drug-likeness (QED) is 0.449. The molecule has 0 aliphatic rings. The van der Waals surface area contributed by atoms with Gasteiger partial charge in [-0.15, -0.1) is 0 Å². The van der Waals surface area contributed by atoms with Crippen LogP contribution < -0.4 is 10.1 Å². The van der Waals surface area contributed by atoms with E-state index < -0.39 is 40.6 Å². The molecule has 0 atom stereocenters. The summed E-state index contributed by atoms with van der Waals surface area (Å²) in [5, 5.41) is 5.25. The van der Waals surface area contributed by atoms with Crippen molar-refractivity contribution in [2.45, 2.75) is 6.43 Å². The van der Waals surface area contributed by atoms with Crippen molar-refractivity contribution in [2.24, 2.45) is 7.05 Å². The molecule has 28 heavy (non-hydrogen) atoms. The van der Waals surface area contributed by atoms with E-state index in [0.29, 0.717) is 0 Å². The number of alkyl halides is 2. The Hall–Kier alpha value is -3.07. The van der Waals surface area contributed by atoms with Crippen LogP contribution in [0.5, 0.6) is 5.75 Å². The van der Waals surface area contributed by atoms with Crippen LogP contribution in [0.1, 0.15) is 12.1 Å². The lowest BCUT2D eigenvalue weighted by atomic mass is 10.0. The standard InChI is InChI=1S/C18H12ClF4N3O2/c1-26-8-14(16(25-26)17(22)23)28-18(27)24-13-5-3-2-4-10(13)9-6-11(20)15(19)12(21)7-9/h2-8,17H,1H3,(H,24,27). The third-order valence-corrected chi connectivity index (χ3v) is 4.05. The van der Waals surface area contributed by atoms with Gasteiger partial charge in [-0.3, -0.25) is 10.00 Å². The third kappa shape index (κ3) is 4.09. The number of amides is 1. The van der Waals surface area contributed by atoms with Gasteiger partial charge in [0.1, 0.15) is 16.7 Å². The SMILES string of the molecule is Cn1cc(OC(=O)Nc2ccccc2-c2cc(F)c(Cl)c(F)c2)c(C(F)F)n1. The topological polar surface area (TPSA) is 56.1 Å². The Morgan fingerprint density at radius 3 is 2.50 bits per heavy atom. The highest BCUT2D eigenvalue weighted by atomic mass is 35.5. The van der Waals surface area contributed by atoms with Gasteiger partial charge in [0.05, 0.1) is 11.9 Å². The van der Waals surface area contributed by atoms with E-state index in [0.717, 1.165) is 23.0 Å². The number of hydrogen-bond donors (Lipinski definition) is 1. The Balaban J connectivity index is 1.87. The van der Waals surface area contributed by atoms with E-state index in [1.807, 2.05) is 0 Å². The summed E-state index contributed by atoms with van der Waals surface area (Å²) in [6.45, 7) is 0. The summed E-state index contributed by atoms with van der Waals surface area (Å²) in [4.78, 5) is 12.2. The van der Waals surface area contributed by atoms with Crippen molar-refractivity contribution in [3.8, 4) is 16.9 Å². The molecule has 5 nitrogen and oxygen atoms in total. The molecule has 1 N–H and O–H groups in total. The second kappa shape index (κ2) is 7.89. The van der Waals surface area contributed by atoms with Gasteiger partial charge in [-0.05, 0) is 23.8 Å². The molecule has 0 unspecified atom stereocenters. The molecular formula is C18H12ClF4N3O2. The first-order valence-electron chi connectivity index (χ1n) is 7.80. The van der Waals surface area contributed by atoms with Gasteiger partial charge in [0.25, 0.3) is 6.43 Å². The number of aromatic nitrogens is 2. The molecular weight excluding hydrogens is 402 g/mol. The fourth-order valence-electron chi connectivity index (χ4n) is 2.50. The molecule has 0 saturated carbocycles. The summed E-state index contributed by atoms with van der Waals surface area (Å²) in [5.41, 5.74) is -0.150. The molecule has 1 heterocycles. The number of para-hydroxylation sites is 1. The normalized spacial score (nSPS) is 11.0. The maximum absolute atomic E-state index is 13.8. The van der Waals surface area contributed by atoms with Gasteiger partial charge < -0.3 is 4.74 Å². The number of nitrogens with one attached hydrogen (secondary N) is 1. The number of aryl methyl sites for hydroxylation is 1. The van der Waals surface area contributed by atoms with Crippen LogP contribution >= 0.6 is 11.6 Å². The van der Waals surface area contributed by atoms with Gasteiger partial charge in [0.2, 0.25) is 0 Å². The van der Waals surface area contributed by atoms with E-state index >= 15 is 0 Å². The molecule has 0 aliphatic heterocycles. The van der Waals surface area contributed by atoms with Crippen LogP contribution in [0, 0.1) is 11.6 Å². The van der Waals surface area contributed by atoms with Crippen LogP contribution in [0.4, 0.5) is 28.0 Å². The van der Waals surface area contributed by atoms with Gasteiger partial charge in [-0.25, -0.2) is 22.4 Å². The summed E-state index contributed by atoms with van der Waals surface area (Å²) < 4.78 is 59.4. The maximum Gasteiger partial charge on any atom is 0.417 e. The van der Waals surface area contributed by atoms with Crippen molar-refractivity contribution >= 4 is 23.4 Å². The summed E-state index contributed by atoms with van der Waals surface area (Å²) in [5.74, 6) is -2.34. The number of halogens is 5. The highest BCUT2D eigenvalue weighted by molar-refractivity contribution is 6.31. The molecule has 0 saturated heterocycles. The van der Waals surface area contributed by atoms with Crippen LogP contribution in [-0.2, 0) is 7.05 Å². The highest BCUT2D eigenvalue weighted by Gasteiger charge is 2.22. The summed E-state index contributed by atoms with van der Waals surface area (Å²) in [6.07, 6.45) is -2.88. The minimum atomic E-state index is -2.93. The predicted octanol–water partition coefficient (Wildman–Crippen LogP) is 5.57. The number of nitrogens with zero attached hydrogens (tertiary/aromatic N) is 2. The predicted molar refractivity (Wildman–Crippen MR) is 94.6 cm³/mol. The molecule has 10 heteroatoms. The van der Waals surface area contributed by atoms with Gasteiger partial charge >= 0.3 is 6.09 Å². The van der Waals surface area contributed by atoms with Crippen LogP contribution in [0.3, 0.4) is 0 Å². The highest BCUT2D eigenvalue weighted by Crippen LogP contribution is 2.32. The first kappa shape index (κ1) is 19.7. The molecule has 0 spiro atoms. The monoisotopic (exact) mass is 413 g/mol. The average Bonchev–Trinajstić information content (AvgIpc) is 3.00. The number of benzene rings is 2. The minimum absolute atomic E-state index is 0.116. The smallest absolute Gasteiger partial charge is 0.406 e. The molecule has 0 bridgehead atoms. The largest absolute Gasteiger partial charge is 0.417 e. The minimum Gasteiger partial charge on any atom is -0.406 e. The van der Waals surface area contributed by atoms with Crippen molar-refractivity contribution in [2.75, 3.05) is 5.32 Å². The van der Waals surface area contributed by atoms with E-state index in [4.69, 9.17) is 16.3 Å². The zero-order chi connectivity index (χ0) is 20.4. The molecule has 0 radical (unpaired) electrons. The number of hydrogen-bond acceptors (Lipinski definition) is 3. The van der Waals surface area contributed by atoms with Crippen LogP contribution in [-0.4, -0.2) is 15.9 Å². The molecule has 146 valence electrons. The van der Waals surface area contributed by atoms with E-state index in [1.54, 1.807) is 12.1 Å². The number of ether oxygens (including phenoxy) is 1. The lowest BCUT2D eigenvalue weighted by Gasteiger charge is -2.12. The van der Waals surface area contributed by atoms with Gasteiger partial charge in [0.15, 0.2) is 11.4 Å². The fourth-order valence-corrected chi connectivity index (χ4v) is 2.61. The lowest BCUT2D eigenvalue weighted by molar-refractivity contribution is 0.141. The first-order valence-corrected chi connectivity index (χ1v) is 8.18. The Labute approximate surface area is 161 Å². The first-order chi connectivity index (χ1) is 13.3. The molecule has 1 amide bonds. The second-order valence-corrected chi connectivity index (χ2v) is 6.04. The van der Waals surface area contributed by atoms with Crippen LogP contribution in [0.2, 0.25) is 5.02 Å². The molecule has 3 rings (SSSR count). The molecule has 1 aromatic heterocycles. The Kier molecular flexibility index (Phi) is 5.55. The van der Waals surface area contributed by atoms with Gasteiger partial charge in [-0.1, -0.05) is 29.8 Å². The lowest BCUT2D eigenvalue weighted by Crippen LogP contribution is -2.17. The summed E-state index contributed by atoms with van der Waals surface area (Å²) in [7, 11) is 1.40. The molecule has 0 aliphatic carbocycles. The third-order valence-electron chi connectivity index (χ3n) is 3.69. The van der Waals surface area contributed by atoms with E-state index in [2.05, 4.69) is 10.4 Å². The molecule has 2 aromatic carbocycles. The number of rotatable bonds is 4. The summed E-state index contributed by atoms with van der Waals surface area (Å²) >= 11 is 5.48. The van der Waals surface area contributed by atoms with Crippen molar-refractivity contribution in [1.29, 1.82) is 0 Å². The van der Waals surface area contributed by atoms with Crippen molar-refractivity contribution in [3.05, 3.63) is 64.9 Å². The fraction of sp³-hybridized carbons (Fsp3) is 0.111. The zero-order valence-corrected chi connectivity index (χ0v) is 15.0. The number of carbonyl (C=O) groups is 1. The molecule has 3 aromatic rings. The van der Waals surface area contributed by atoms with E-state index in [1.165, 1.54) is 19.2 Å². The average molecular weight is 414 g/mol. The second-order valence-electron chi connectivity index (χ2n) is 5.67. The van der Waals surface area contributed by atoms with Crippen LogP contribution in [0.25, 0.3) is 11.1 Å².